The lowest BCUT2D eigenvalue weighted by Crippen LogP contribution is -2.16. The molecule has 1 saturated carbocycles. The third-order valence-electron chi connectivity index (χ3n) is 4.50. The number of anilines is 1. The molecule has 0 bridgehead atoms. The van der Waals surface area contributed by atoms with E-state index in [1.807, 2.05) is 25.1 Å². The predicted molar refractivity (Wildman–Crippen MR) is 104 cm³/mol. The number of carboxylic acid groups (broad SMARTS) is 1. The monoisotopic (exact) mass is 385 g/mol. The second-order valence-corrected chi connectivity index (χ2v) is 6.52. The molecule has 10 heteroatoms. The lowest BCUT2D eigenvalue weighted by Gasteiger charge is -2.11. The average Bonchev–Trinajstić information content (AvgIpc) is 3.30. The first-order valence-corrected chi connectivity index (χ1v) is 8.96. The zero-order valence-electron chi connectivity index (χ0n) is 15.8. The van der Waals surface area contributed by atoms with Crippen LogP contribution in [0.5, 0.6) is 5.75 Å². The highest BCUT2D eigenvalue weighted by Crippen LogP contribution is 2.24. The van der Waals surface area contributed by atoms with Gasteiger partial charge in [0.1, 0.15) is 5.75 Å². The normalized spacial score (nSPS) is 13.8. The van der Waals surface area contributed by atoms with E-state index >= 15 is 0 Å². The number of nitrogens with zero attached hydrogens (tertiary/aromatic N) is 5. The average molecular weight is 385 g/mol. The molecule has 0 spiro atoms. The van der Waals surface area contributed by atoms with Crippen LogP contribution in [-0.2, 0) is 0 Å². The largest absolute Gasteiger partial charge is 0.496 e. The standard InChI is InChI=1S/C17H20N6O.CH3NO2/c1-11-9-13(7-8-15(11)24-2)23-16-14(21-22-23)10-18-17(20-16)19-12-5-3-4-6-12;2-1(3)4/h7-10,12H,3-6H2,1-2H3,(H,18,19,20);2H2,(H,3,4). The second kappa shape index (κ2) is 8.51. The summed E-state index contributed by atoms with van der Waals surface area (Å²) in [6.07, 6.45) is 5.28. The Balaban J connectivity index is 0.000000516. The van der Waals surface area contributed by atoms with Gasteiger partial charge in [0.15, 0.2) is 11.2 Å². The van der Waals surface area contributed by atoms with Gasteiger partial charge in [0.2, 0.25) is 5.95 Å². The van der Waals surface area contributed by atoms with Crippen LogP contribution in [0, 0.1) is 6.92 Å². The Labute approximate surface area is 161 Å². The molecule has 1 amide bonds. The number of nitrogens with one attached hydrogen (secondary N) is 1. The number of fused-ring (bicyclic) bond motifs is 1. The minimum absolute atomic E-state index is 0.468. The number of carbonyl (C=O) groups is 1. The van der Waals surface area contributed by atoms with E-state index in [4.69, 9.17) is 14.6 Å². The molecule has 148 valence electrons. The molecule has 0 saturated heterocycles. The zero-order valence-corrected chi connectivity index (χ0v) is 15.8. The van der Waals surface area contributed by atoms with E-state index in [2.05, 4.69) is 31.3 Å². The summed E-state index contributed by atoms with van der Waals surface area (Å²) in [7, 11) is 1.67. The number of ether oxygens (including phenoxy) is 1. The number of rotatable bonds is 4. The number of benzene rings is 1. The van der Waals surface area contributed by atoms with Crippen molar-refractivity contribution >= 4 is 23.2 Å². The van der Waals surface area contributed by atoms with Crippen molar-refractivity contribution in [1.82, 2.24) is 25.0 Å². The lowest BCUT2D eigenvalue weighted by atomic mass is 10.2. The van der Waals surface area contributed by atoms with E-state index in [-0.39, 0.29) is 0 Å². The molecule has 1 aliphatic carbocycles. The van der Waals surface area contributed by atoms with E-state index in [0.717, 1.165) is 17.0 Å². The smallest absolute Gasteiger partial charge is 0.402 e. The maximum Gasteiger partial charge on any atom is 0.402 e. The van der Waals surface area contributed by atoms with Crippen molar-refractivity contribution < 1.29 is 14.6 Å². The molecule has 0 aliphatic heterocycles. The number of nitrogens with two attached hydrogens (primary N) is 1. The van der Waals surface area contributed by atoms with Gasteiger partial charge in [-0.25, -0.2) is 9.78 Å². The molecule has 1 fully saturated rings. The molecule has 4 N–H and O–H groups in total. The van der Waals surface area contributed by atoms with Gasteiger partial charge in [-0.05, 0) is 43.5 Å². The molecule has 28 heavy (non-hydrogen) atoms. The number of amides is 1. The Morgan fingerprint density at radius 3 is 2.71 bits per heavy atom. The first-order chi connectivity index (χ1) is 13.5. The number of aromatic nitrogens is 5. The van der Waals surface area contributed by atoms with E-state index < -0.39 is 6.09 Å². The van der Waals surface area contributed by atoms with Crippen LogP contribution in [0.2, 0.25) is 0 Å². The third kappa shape index (κ3) is 4.45. The highest BCUT2D eigenvalue weighted by atomic mass is 16.5. The molecule has 1 aromatic carbocycles. The van der Waals surface area contributed by atoms with Crippen molar-refractivity contribution in [3.63, 3.8) is 0 Å². The van der Waals surface area contributed by atoms with Gasteiger partial charge in [0.25, 0.3) is 0 Å². The summed E-state index contributed by atoms with van der Waals surface area (Å²) in [5.74, 6) is 1.49. The van der Waals surface area contributed by atoms with Gasteiger partial charge in [-0.1, -0.05) is 18.1 Å². The summed E-state index contributed by atoms with van der Waals surface area (Å²) in [4.78, 5) is 17.8. The van der Waals surface area contributed by atoms with Crippen molar-refractivity contribution in [3.05, 3.63) is 30.0 Å². The summed E-state index contributed by atoms with van der Waals surface area (Å²) in [5, 5.41) is 19.0. The van der Waals surface area contributed by atoms with E-state index in [1.165, 1.54) is 25.7 Å². The summed E-state index contributed by atoms with van der Waals surface area (Å²) >= 11 is 0. The maximum absolute atomic E-state index is 8.78. The SMILES string of the molecule is COc1ccc(-n2nnc3cnc(NC4CCCC4)nc32)cc1C.NC(=O)O. The van der Waals surface area contributed by atoms with Gasteiger partial charge in [-0.15, -0.1) is 5.10 Å². The number of primary amides is 1. The van der Waals surface area contributed by atoms with Crippen LogP contribution in [0.3, 0.4) is 0 Å². The van der Waals surface area contributed by atoms with E-state index in [0.29, 0.717) is 23.2 Å². The Kier molecular flexibility index (Phi) is 5.87. The molecule has 0 unspecified atom stereocenters. The topological polar surface area (TPSA) is 141 Å². The Morgan fingerprint density at radius 2 is 2.07 bits per heavy atom. The van der Waals surface area contributed by atoms with Gasteiger partial charge in [0.05, 0.1) is 19.0 Å². The first-order valence-electron chi connectivity index (χ1n) is 8.96. The Bertz CT molecular complexity index is 963. The van der Waals surface area contributed by atoms with Crippen LogP contribution < -0.4 is 15.8 Å². The molecule has 1 aliphatic rings. The van der Waals surface area contributed by atoms with Crippen LogP contribution in [0.4, 0.5) is 10.7 Å². The van der Waals surface area contributed by atoms with Gasteiger partial charge < -0.3 is 20.9 Å². The lowest BCUT2D eigenvalue weighted by molar-refractivity contribution is 0.205. The van der Waals surface area contributed by atoms with Crippen molar-refractivity contribution in [1.29, 1.82) is 0 Å². The van der Waals surface area contributed by atoms with Crippen LogP contribution in [0.15, 0.2) is 24.4 Å². The van der Waals surface area contributed by atoms with Crippen LogP contribution in [0.25, 0.3) is 16.9 Å². The fourth-order valence-corrected chi connectivity index (χ4v) is 3.22. The summed E-state index contributed by atoms with van der Waals surface area (Å²) < 4.78 is 7.06. The molecule has 0 atom stereocenters. The fourth-order valence-electron chi connectivity index (χ4n) is 3.22. The molecular formula is C18H23N7O3. The van der Waals surface area contributed by atoms with Crippen LogP contribution in [0.1, 0.15) is 31.2 Å². The minimum Gasteiger partial charge on any atom is -0.496 e. The highest BCUT2D eigenvalue weighted by molar-refractivity contribution is 5.72. The molecular weight excluding hydrogens is 362 g/mol. The Hall–Kier alpha value is -3.43. The molecule has 2 aromatic heterocycles. The summed E-state index contributed by atoms with van der Waals surface area (Å²) in [6, 6.07) is 6.36. The van der Waals surface area contributed by atoms with Gasteiger partial charge in [-0.2, -0.15) is 9.67 Å². The van der Waals surface area contributed by atoms with Gasteiger partial charge in [-0.3, -0.25) is 0 Å². The molecule has 4 rings (SSSR count). The number of aryl methyl sites for hydroxylation is 1. The quantitative estimate of drug-likeness (QED) is 0.622. The second-order valence-electron chi connectivity index (χ2n) is 6.52. The predicted octanol–water partition coefficient (Wildman–Crippen LogP) is 2.51. The van der Waals surface area contributed by atoms with Crippen LogP contribution >= 0.6 is 0 Å². The van der Waals surface area contributed by atoms with Crippen molar-refractivity contribution in [2.24, 2.45) is 5.73 Å². The summed E-state index contributed by atoms with van der Waals surface area (Å²) in [5.41, 5.74) is 7.36. The maximum atomic E-state index is 8.78. The molecule has 3 aromatic rings. The fraction of sp³-hybridized carbons (Fsp3) is 0.389. The zero-order chi connectivity index (χ0) is 20.1. The van der Waals surface area contributed by atoms with E-state index in [1.54, 1.807) is 18.0 Å². The number of hydrogen-bond donors (Lipinski definition) is 3. The first kappa shape index (κ1) is 19.3. The number of methoxy groups -OCH3 is 1. The van der Waals surface area contributed by atoms with Gasteiger partial charge >= 0.3 is 6.09 Å². The minimum atomic E-state index is -1.33. The number of hydrogen-bond acceptors (Lipinski definition) is 7. The van der Waals surface area contributed by atoms with Crippen molar-refractivity contribution in [2.45, 2.75) is 38.6 Å². The molecule has 10 nitrogen and oxygen atoms in total. The van der Waals surface area contributed by atoms with Crippen molar-refractivity contribution in [3.8, 4) is 11.4 Å². The van der Waals surface area contributed by atoms with Gasteiger partial charge in [0, 0.05) is 6.04 Å². The van der Waals surface area contributed by atoms with Crippen molar-refractivity contribution in [2.75, 3.05) is 12.4 Å². The summed E-state index contributed by atoms with van der Waals surface area (Å²) in [6.45, 7) is 2.00. The third-order valence-corrected chi connectivity index (χ3v) is 4.50. The highest BCUT2D eigenvalue weighted by Gasteiger charge is 2.17. The van der Waals surface area contributed by atoms with E-state index in [9.17, 15) is 0 Å². The molecule has 2 heterocycles. The molecule has 0 radical (unpaired) electrons. The van der Waals surface area contributed by atoms with Crippen LogP contribution in [-0.4, -0.2) is 49.3 Å². The Morgan fingerprint density at radius 1 is 1.36 bits per heavy atom.